The number of likely N-dealkylation sites (N-methyl/N-ethyl adjacent to an activating group) is 1. The summed E-state index contributed by atoms with van der Waals surface area (Å²) in [5.41, 5.74) is 1.21. The van der Waals surface area contributed by atoms with Crippen molar-refractivity contribution >= 4 is 17.5 Å². The summed E-state index contributed by atoms with van der Waals surface area (Å²) >= 11 is 5.92. The van der Waals surface area contributed by atoms with E-state index >= 15 is 0 Å². The Morgan fingerprint density at radius 2 is 2.00 bits per heavy atom. The third kappa shape index (κ3) is 3.33. The van der Waals surface area contributed by atoms with Gasteiger partial charge in [-0.2, -0.15) is 0 Å². The van der Waals surface area contributed by atoms with Crippen LogP contribution in [0.2, 0.25) is 5.02 Å². The molecule has 1 aliphatic rings. The number of amides is 1. The number of carbonyl (C=O) groups is 1. The minimum Gasteiger partial charge on any atom is -0.342 e. The molecule has 3 unspecified atom stereocenters. The van der Waals surface area contributed by atoms with E-state index in [1.54, 1.807) is 0 Å². The average molecular weight is 295 g/mol. The molecule has 0 bridgehead atoms. The minimum atomic E-state index is 0.139. The molecule has 1 aromatic rings. The van der Waals surface area contributed by atoms with Gasteiger partial charge in [-0.1, -0.05) is 30.7 Å². The van der Waals surface area contributed by atoms with Crippen LogP contribution in [0.15, 0.2) is 24.3 Å². The Morgan fingerprint density at radius 3 is 2.55 bits per heavy atom. The SMILES string of the molecule is CC(c1ccc(Cl)cc1)C(C)N(C)C(=O)C1CCNC1. The predicted molar refractivity (Wildman–Crippen MR) is 83.1 cm³/mol. The summed E-state index contributed by atoms with van der Waals surface area (Å²) in [5, 5.41) is 4.00. The van der Waals surface area contributed by atoms with Crippen molar-refractivity contribution in [1.82, 2.24) is 10.2 Å². The van der Waals surface area contributed by atoms with Crippen LogP contribution in [0.4, 0.5) is 0 Å². The first-order valence-electron chi connectivity index (χ1n) is 7.23. The molecule has 4 heteroatoms. The molecule has 1 N–H and O–H groups in total. The van der Waals surface area contributed by atoms with Crippen molar-refractivity contribution in [3.8, 4) is 0 Å². The Balaban J connectivity index is 2.03. The van der Waals surface area contributed by atoms with Gasteiger partial charge < -0.3 is 10.2 Å². The van der Waals surface area contributed by atoms with E-state index in [0.29, 0.717) is 0 Å². The van der Waals surface area contributed by atoms with Crippen molar-refractivity contribution in [3.05, 3.63) is 34.9 Å². The number of halogens is 1. The van der Waals surface area contributed by atoms with Crippen LogP contribution < -0.4 is 5.32 Å². The highest BCUT2D eigenvalue weighted by atomic mass is 35.5. The average Bonchev–Trinajstić information content (AvgIpc) is 2.99. The fourth-order valence-electron chi connectivity index (χ4n) is 2.73. The second-order valence-electron chi connectivity index (χ2n) is 5.72. The highest BCUT2D eigenvalue weighted by Crippen LogP contribution is 2.25. The quantitative estimate of drug-likeness (QED) is 0.926. The van der Waals surface area contributed by atoms with Gasteiger partial charge in [0.15, 0.2) is 0 Å². The summed E-state index contributed by atoms with van der Waals surface area (Å²) in [4.78, 5) is 14.3. The molecular weight excluding hydrogens is 272 g/mol. The Hall–Kier alpha value is -1.06. The summed E-state index contributed by atoms with van der Waals surface area (Å²) in [6, 6.07) is 8.06. The number of hydrogen-bond acceptors (Lipinski definition) is 2. The summed E-state index contributed by atoms with van der Waals surface area (Å²) in [5.74, 6) is 0.679. The highest BCUT2D eigenvalue weighted by Gasteiger charge is 2.29. The van der Waals surface area contributed by atoms with Crippen molar-refractivity contribution in [2.75, 3.05) is 20.1 Å². The van der Waals surface area contributed by atoms with E-state index < -0.39 is 0 Å². The van der Waals surface area contributed by atoms with Crippen molar-refractivity contribution in [1.29, 1.82) is 0 Å². The van der Waals surface area contributed by atoms with Crippen LogP contribution in [0.1, 0.15) is 31.7 Å². The second-order valence-corrected chi connectivity index (χ2v) is 6.16. The van der Waals surface area contributed by atoms with Gasteiger partial charge in [0, 0.05) is 30.6 Å². The standard InChI is InChI=1S/C16H23ClN2O/c1-11(13-4-6-15(17)7-5-13)12(2)19(3)16(20)14-8-9-18-10-14/h4-7,11-12,14,18H,8-10H2,1-3H3. The minimum absolute atomic E-state index is 0.139. The van der Waals surface area contributed by atoms with E-state index in [4.69, 9.17) is 11.6 Å². The number of nitrogens with one attached hydrogen (secondary N) is 1. The molecule has 1 heterocycles. The van der Waals surface area contributed by atoms with E-state index in [9.17, 15) is 4.79 Å². The molecule has 0 radical (unpaired) electrons. The summed E-state index contributed by atoms with van der Waals surface area (Å²) in [7, 11) is 1.91. The normalized spacial score (nSPS) is 21.5. The Bertz CT molecular complexity index is 454. The molecule has 3 atom stereocenters. The summed E-state index contributed by atoms with van der Waals surface area (Å²) < 4.78 is 0. The van der Waals surface area contributed by atoms with Gasteiger partial charge in [-0.15, -0.1) is 0 Å². The van der Waals surface area contributed by atoms with Gasteiger partial charge in [-0.05, 0) is 37.6 Å². The van der Waals surface area contributed by atoms with E-state index in [0.717, 1.165) is 24.5 Å². The molecule has 1 aromatic carbocycles. The molecular formula is C16H23ClN2O. The van der Waals surface area contributed by atoms with Crippen LogP contribution in [0.5, 0.6) is 0 Å². The highest BCUT2D eigenvalue weighted by molar-refractivity contribution is 6.30. The van der Waals surface area contributed by atoms with Crippen molar-refractivity contribution in [3.63, 3.8) is 0 Å². The Morgan fingerprint density at radius 1 is 1.35 bits per heavy atom. The lowest BCUT2D eigenvalue weighted by molar-refractivity contribution is -0.135. The van der Waals surface area contributed by atoms with Crippen LogP contribution in [0.25, 0.3) is 0 Å². The van der Waals surface area contributed by atoms with Crippen molar-refractivity contribution < 1.29 is 4.79 Å². The first-order chi connectivity index (χ1) is 9.50. The van der Waals surface area contributed by atoms with Gasteiger partial charge >= 0.3 is 0 Å². The number of carbonyl (C=O) groups excluding carboxylic acids is 1. The monoisotopic (exact) mass is 294 g/mol. The fourth-order valence-corrected chi connectivity index (χ4v) is 2.86. The van der Waals surface area contributed by atoms with E-state index in [2.05, 4.69) is 19.2 Å². The van der Waals surface area contributed by atoms with Gasteiger partial charge in [0.05, 0.1) is 5.92 Å². The smallest absolute Gasteiger partial charge is 0.227 e. The molecule has 0 saturated carbocycles. The van der Waals surface area contributed by atoms with Crippen LogP contribution in [0, 0.1) is 5.92 Å². The van der Waals surface area contributed by atoms with Gasteiger partial charge in [0.2, 0.25) is 5.91 Å². The number of hydrogen-bond donors (Lipinski definition) is 1. The molecule has 20 heavy (non-hydrogen) atoms. The zero-order valence-corrected chi connectivity index (χ0v) is 13.2. The molecule has 0 spiro atoms. The number of nitrogens with zero attached hydrogens (tertiary/aromatic N) is 1. The van der Waals surface area contributed by atoms with Crippen molar-refractivity contribution in [2.45, 2.75) is 32.2 Å². The maximum absolute atomic E-state index is 12.4. The lowest BCUT2D eigenvalue weighted by atomic mass is 9.92. The lowest BCUT2D eigenvalue weighted by Crippen LogP contribution is -2.42. The second kappa shape index (κ2) is 6.59. The first kappa shape index (κ1) is 15.3. The predicted octanol–water partition coefficient (Wildman–Crippen LogP) is 2.90. The molecule has 0 aliphatic carbocycles. The summed E-state index contributed by atoms with van der Waals surface area (Å²) in [6.45, 7) is 6.03. The Kier molecular flexibility index (Phi) is 5.06. The largest absolute Gasteiger partial charge is 0.342 e. The van der Waals surface area contributed by atoms with Crippen LogP contribution in [-0.2, 0) is 4.79 Å². The molecule has 1 saturated heterocycles. The molecule has 3 nitrogen and oxygen atoms in total. The van der Waals surface area contributed by atoms with Crippen LogP contribution in [0.3, 0.4) is 0 Å². The van der Waals surface area contributed by atoms with Gasteiger partial charge in [0.1, 0.15) is 0 Å². The molecule has 0 aromatic heterocycles. The zero-order chi connectivity index (χ0) is 14.7. The maximum Gasteiger partial charge on any atom is 0.227 e. The third-order valence-corrected chi connectivity index (χ3v) is 4.74. The summed E-state index contributed by atoms with van der Waals surface area (Å²) in [6.07, 6.45) is 0.950. The first-order valence-corrected chi connectivity index (χ1v) is 7.61. The molecule has 110 valence electrons. The fraction of sp³-hybridized carbons (Fsp3) is 0.562. The molecule has 1 fully saturated rings. The van der Waals surface area contributed by atoms with Crippen LogP contribution in [-0.4, -0.2) is 37.0 Å². The molecule has 1 aliphatic heterocycles. The van der Waals surface area contributed by atoms with E-state index in [1.165, 1.54) is 5.56 Å². The number of rotatable bonds is 4. The van der Waals surface area contributed by atoms with Gasteiger partial charge in [-0.25, -0.2) is 0 Å². The lowest BCUT2D eigenvalue weighted by Gasteiger charge is -2.32. The Labute approximate surface area is 126 Å². The topological polar surface area (TPSA) is 32.3 Å². The van der Waals surface area contributed by atoms with E-state index in [-0.39, 0.29) is 23.8 Å². The number of benzene rings is 1. The van der Waals surface area contributed by atoms with Crippen LogP contribution >= 0.6 is 11.6 Å². The van der Waals surface area contributed by atoms with Gasteiger partial charge in [-0.3, -0.25) is 4.79 Å². The third-order valence-electron chi connectivity index (χ3n) is 4.49. The molecule has 2 rings (SSSR count). The van der Waals surface area contributed by atoms with Gasteiger partial charge in [0.25, 0.3) is 0 Å². The van der Waals surface area contributed by atoms with E-state index in [1.807, 2.05) is 36.2 Å². The van der Waals surface area contributed by atoms with Crippen molar-refractivity contribution in [2.24, 2.45) is 5.92 Å². The zero-order valence-electron chi connectivity index (χ0n) is 12.4. The maximum atomic E-state index is 12.4. The molecule has 1 amide bonds.